The molecule has 2 aliphatic rings. The quantitative estimate of drug-likeness (QED) is 0.883. The molecule has 1 atom stereocenters. The highest BCUT2D eigenvalue weighted by atomic mass is 16.5. The number of anilines is 1. The molecule has 1 aliphatic carbocycles. The molecule has 0 unspecified atom stereocenters. The molecule has 2 aromatic carbocycles. The molecular formula is C20H18N2O5. The minimum absolute atomic E-state index is 0.0277. The van der Waals surface area contributed by atoms with Crippen molar-refractivity contribution in [3.05, 3.63) is 53.6 Å². The summed E-state index contributed by atoms with van der Waals surface area (Å²) in [5.74, 6) is 0.0986. The summed E-state index contributed by atoms with van der Waals surface area (Å²) in [5, 5.41) is 0. The molecule has 0 saturated heterocycles. The zero-order valence-electron chi connectivity index (χ0n) is 14.5. The molecule has 2 amide bonds. The minimum atomic E-state index is -0.914. The van der Waals surface area contributed by atoms with Gasteiger partial charge in [0, 0.05) is 17.5 Å². The van der Waals surface area contributed by atoms with E-state index in [-0.39, 0.29) is 24.8 Å². The normalized spacial score (nSPS) is 17.7. The largest absolute Gasteiger partial charge is 0.483 e. The fraction of sp³-hybridized carbons (Fsp3) is 0.250. The van der Waals surface area contributed by atoms with Crippen LogP contribution in [0, 0.1) is 0 Å². The zero-order valence-corrected chi connectivity index (χ0v) is 14.5. The fourth-order valence-electron chi connectivity index (χ4n) is 3.43. The van der Waals surface area contributed by atoms with Gasteiger partial charge in [0.05, 0.1) is 12.2 Å². The Hall–Kier alpha value is -3.35. The Labute approximate surface area is 155 Å². The van der Waals surface area contributed by atoms with Gasteiger partial charge in [-0.1, -0.05) is 24.3 Å². The highest BCUT2D eigenvalue weighted by Gasteiger charge is 2.33. The van der Waals surface area contributed by atoms with Crippen LogP contribution in [0.4, 0.5) is 5.69 Å². The van der Waals surface area contributed by atoms with Crippen LogP contribution in [0.15, 0.2) is 42.5 Å². The molecule has 138 valence electrons. The van der Waals surface area contributed by atoms with Crippen molar-refractivity contribution in [1.29, 1.82) is 0 Å². The van der Waals surface area contributed by atoms with Crippen molar-refractivity contribution in [3.8, 4) is 11.5 Å². The molecule has 7 nitrogen and oxygen atoms in total. The lowest BCUT2D eigenvalue weighted by molar-refractivity contribution is -0.125. The summed E-state index contributed by atoms with van der Waals surface area (Å²) in [4.78, 5) is 37.7. The van der Waals surface area contributed by atoms with Crippen LogP contribution in [-0.4, -0.2) is 36.9 Å². The van der Waals surface area contributed by atoms with Crippen LogP contribution in [0.25, 0.3) is 0 Å². The molecule has 0 aromatic heterocycles. The van der Waals surface area contributed by atoms with Crippen molar-refractivity contribution in [1.82, 2.24) is 0 Å². The summed E-state index contributed by atoms with van der Waals surface area (Å²) >= 11 is 0. The summed E-state index contributed by atoms with van der Waals surface area (Å²) in [6.45, 7) is -0.190. The lowest BCUT2D eigenvalue weighted by atomic mass is 10.1. The topological polar surface area (TPSA) is 98.9 Å². The first-order chi connectivity index (χ1) is 13.0. The van der Waals surface area contributed by atoms with Crippen LogP contribution >= 0.6 is 0 Å². The van der Waals surface area contributed by atoms with E-state index in [1.807, 2.05) is 0 Å². The number of primary amides is 1. The number of rotatable bonds is 4. The van der Waals surface area contributed by atoms with Crippen LogP contribution < -0.4 is 20.1 Å². The van der Waals surface area contributed by atoms with E-state index in [1.165, 1.54) is 4.90 Å². The van der Waals surface area contributed by atoms with E-state index in [0.717, 1.165) is 5.56 Å². The third-order valence-corrected chi connectivity index (χ3v) is 4.78. The number of nitrogens with zero attached hydrogens (tertiary/aromatic N) is 1. The Balaban J connectivity index is 1.53. The van der Waals surface area contributed by atoms with E-state index in [1.54, 1.807) is 42.5 Å². The van der Waals surface area contributed by atoms with E-state index in [4.69, 9.17) is 15.2 Å². The zero-order chi connectivity index (χ0) is 19.0. The maximum atomic E-state index is 12.8. The van der Waals surface area contributed by atoms with Crippen molar-refractivity contribution >= 4 is 23.3 Å². The van der Waals surface area contributed by atoms with Gasteiger partial charge in [0.15, 0.2) is 18.5 Å². The van der Waals surface area contributed by atoms with Crippen molar-refractivity contribution in [2.75, 3.05) is 18.1 Å². The Morgan fingerprint density at radius 1 is 1.15 bits per heavy atom. The van der Waals surface area contributed by atoms with Crippen molar-refractivity contribution in [3.63, 3.8) is 0 Å². The first kappa shape index (κ1) is 17.1. The van der Waals surface area contributed by atoms with Gasteiger partial charge in [-0.15, -0.1) is 0 Å². The first-order valence-corrected chi connectivity index (χ1v) is 8.68. The lowest BCUT2D eigenvalue weighted by Gasteiger charge is -2.33. The Kier molecular flexibility index (Phi) is 4.27. The van der Waals surface area contributed by atoms with Crippen LogP contribution in [-0.2, 0) is 16.0 Å². The number of ketones is 1. The second-order valence-corrected chi connectivity index (χ2v) is 6.48. The number of Topliss-reactive ketones (excluding diaryl/α,β-unsaturated/α-hetero) is 1. The highest BCUT2D eigenvalue weighted by Crippen LogP contribution is 2.34. The Morgan fingerprint density at radius 2 is 1.96 bits per heavy atom. The number of hydrogen-bond donors (Lipinski definition) is 1. The number of fused-ring (bicyclic) bond motifs is 2. The molecule has 1 heterocycles. The Bertz CT molecular complexity index is 940. The molecule has 1 aliphatic heterocycles. The molecule has 4 rings (SSSR count). The third kappa shape index (κ3) is 3.12. The third-order valence-electron chi connectivity index (χ3n) is 4.78. The Morgan fingerprint density at radius 3 is 2.78 bits per heavy atom. The van der Waals surface area contributed by atoms with Crippen LogP contribution in [0.2, 0.25) is 0 Å². The number of para-hydroxylation sites is 2. The second kappa shape index (κ2) is 6.75. The van der Waals surface area contributed by atoms with Gasteiger partial charge in [0.2, 0.25) is 0 Å². The number of ether oxygens (including phenoxy) is 2. The van der Waals surface area contributed by atoms with Crippen LogP contribution in [0.1, 0.15) is 22.3 Å². The van der Waals surface area contributed by atoms with Gasteiger partial charge in [0.25, 0.3) is 11.8 Å². The SMILES string of the molecule is NC(=O)[C@@H]1CN(C(=O)COc2cccc3c2CCC3=O)c2ccccc2O1. The van der Waals surface area contributed by atoms with Gasteiger partial charge in [-0.05, 0) is 24.6 Å². The van der Waals surface area contributed by atoms with Gasteiger partial charge in [-0.3, -0.25) is 14.4 Å². The summed E-state index contributed by atoms with van der Waals surface area (Å²) in [6.07, 6.45) is 0.158. The number of benzene rings is 2. The average Bonchev–Trinajstić information content (AvgIpc) is 3.06. The molecular weight excluding hydrogens is 348 g/mol. The van der Waals surface area contributed by atoms with E-state index < -0.39 is 12.0 Å². The summed E-state index contributed by atoms with van der Waals surface area (Å²) in [5.41, 5.74) is 7.43. The van der Waals surface area contributed by atoms with E-state index in [9.17, 15) is 14.4 Å². The number of carbonyl (C=O) groups is 3. The summed E-state index contributed by atoms with van der Waals surface area (Å²) in [6, 6.07) is 12.2. The van der Waals surface area contributed by atoms with Crippen molar-refractivity contribution in [2.45, 2.75) is 18.9 Å². The summed E-state index contributed by atoms with van der Waals surface area (Å²) < 4.78 is 11.3. The van der Waals surface area contributed by atoms with Gasteiger partial charge in [0.1, 0.15) is 11.5 Å². The molecule has 0 radical (unpaired) electrons. The molecule has 0 fully saturated rings. The number of hydrogen-bond acceptors (Lipinski definition) is 5. The summed E-state index contributed by atoms with van der Waals surface area (Å²) in [7, 11) is 0. The number of nitrogens with two attached hydrogens (primary N) is 1. The predicted molar refractivity (Wildman–Crippen MR) is 97.0 cm³/mol. The molecule has 0 spiro atoms. The number of carbonyl (C=O) groups excluding carboxylic acids is 3. The fourth-order valence-corrected chi connectivity index (χ4v) is 3.43. The van der Waals surface area contributed by atoms with Crippen molar-refractivity contribution < 1.29 is 23.9 Å². The van der Waals surface area contributed by atoms with Crippen LogP contribution in [0.3, 0.4) is 0 Å². The monoisotopic (exact) mass is 366 g/mol. The van der Waals surface area contributed by atoms with E-state index >= 15 is 0 Å². The minimum Gasteiger partial charge on any atom is -0.483 e. The highest BCUT2D eigenvalue weighted by molar-refractivity contribution is 6.01. The maximum absolute atomic E-state index is 12.8. The smallest absolute Gasteiger partial charge is 0.265 e. The van der Waals surface area contributed by atoms with Gasteiger partial charge in [-0.25, -0.2) is 0 Å². The van der Waals surface area contributed by atoms with Gasteiger partial charge in [-0.2, -0.15) is 0 Å². The van der Waals surface area contributed by atoms with Crippen LogP contribution in [0.5, 0.6) is 11.5 Å². The maximum Gasteiger partial charge on any atom is 0.265 e. The molecule has 0 bridgehead atoms. The molecule has 27 heavy (non-hydrogen) atoms. The molecule has 0 saturated carbocycles. The van der Waals surface area contributed by atoms with Gasteiger partial charge >= 0.3 is 0 Å². The standard InChI is InChI=1S/C20H18N2O5/c21-20(25)18-10-22(14-5-1-2-6-17(14)27-18)19(24)11-26-16-7-3-4-12-13(16)8-9-15(12)23/h1-7,18H,8-11H2,(H2,21,25)/t18-/m0/s1. The lowest BCUT2D eigenvalue weighted by Crippen LogP contribution is -2.50. The average molecular weight is 366 g/mol. The first-order valence-electron chi connectivity index (χ1n) is 8.68. The molecule has 7 heteroatoms. The van der Waals surface area contributed by atoms with Gasteiger partial charge < -0.3 is 20.1 Å². The molecule has 2 aromatic rings. The van der Waals surface area contributed by atoms with E-state index in [0.29, 0.717) is 35.6 Å². The van der Waals surface area contributed by atoms with Crippen molar-refractivity contribution in [2.24, 2.45) is 5.73 Å². The second-order valence-electron chi connectivity index (χ2n) is 6.48. The molecule has 2 N–H and O–H groups in total. The number of amides is 2. The van der Waals surface area contributed by atoms with E-state index in [2.05, 4.69) is 0 Å². The predicted octanol–water partition coefficient (Wildman–Crippen LogP) is 1.47.